The van der Waals surface area contributed by atoms with Crippen molar-refractivity contribution in [1.82, 2.24) is 4.90 Å². The minimum absolute atomic E-state index is 0.258. The SMILES string of the molecule is CCC1(CC)CCN(C2CC(C(C)(C)C)CCC2C#N)C1. The summed E-state index contributed by atoms with van der Waals surface area (Å²) < 4.78 is 0. The Bertz CT molecular complexity index is 383. The summed E-state index contributed by atoms with van der Waals surface area (Å²) in [6, 6.07) is 3.13. The molecular weight excluding hydrogens is 256 g/mol. The zero-order chi connectivity index (χ0) is 15.7. The summed E-state index contributed by atoms with van der Waals surface area (Å²) in [6.07, 6.45) is 7.46. The highest BCUT2D eigenvalue weighted by Crippen LogP contribution is 2.45. The second kappa shape index (κ2) is 6.29. The van der Waals surface area contributed by atoms with E-state index in [0.717, 1.165) is 12.3 Å². The monoisotopic (exact) mass is 290 g/mol. The summed E-state index contributed by atoms with van der Waals surface area (Å²) in [5.41, 5.74) is 0.902. The standard InChI is InChI=1S/C19H34N2/c1-6-19(7-2)10-11-21(14-19)17-12-16(18(3,4)5)9-8-15(17)13-20/h15-17H,6-12,14H2,1-5H3. The average Bonchev–Trinajstić information content (AvgIpc) is 2.90. The van der Waals surface area contributed by atoms with Crippen LogP contribution in [0.15, 0.2) is 0 Å². The van der Waals surface area contributed by atoms with Crippen molar-refractivity contribution >= 4 is 0 Å². The van der Waals surface area contributed by atoms with Gasteiger partial charge >= 0.3 is 0 Å². The van der Waals surface area contributed by atoms with Gasteiger partial charge in [0, 0.05) is 12.6 Å². The van der Waals surface area contributed by atoms with Gasteiger partial charge in [-0.3, -0.25) is 4.90 Å². The second-order valence-electron chi connectivity index (χ2n) is 8.61. The van der Waals surface area contributed by atoms with Crippen LogP contribution in [0.2, 0.25) is 0 Å². The first kappa shape index (κ1) is 16.8. The van der Waals surface area contributed by atoms with Gasteiger partial charge in [0.25, 0.3) is 0 Å². The fourth-order valence-electron chi connectivity index (χ4n) is 4.57. The Balaban J connectivity index is 2.10. The van der Waals surface area contributed by atoms with Gasteiger partial charge in [-0.15, -0.1) is 0 Å². The molecule has 2 aliphatic rings. The third-order valence-corrected chi connectivity index (χ3v) is 6.64. The zero-order valence-corrected chi connectivity index (χ0v) is 14.8. The highest BCUT2D eigenvalue weighted by Gasteiger charge is 2.43. The normalized spacial score (nSPS) is 33.8. The smallest absolute Gasteiger partial charge is 0.0672 e. The van der Waals surface area contributed by atoms with Crippen LogP contribution in [0.3, 0.4) is 0 Å². The fourth-order valence-corrected chi connectivity index (χ4v) is 4.57. The minimum Gasteiger partial charge on any atom is -0.298 e. The maximum absolute atomic E-state index is 9.58. The predicted octanol–water partition coefficient (Wildman–Crippen LogP) is 4.85. The Morgan fingerprint density at radius 3 is 2.33 bits per heavy atom. The fraction of sp³-hybridized carbons (Fsp3) is 0.947. The van der Waals surface area contributed by atoms with E-state index in [1.807, 2.05) is 0 Å². The number of hydrogen-bond acceptors (Lipinski definition) is 2. The Hall–Kier alpha value is -0.550. The summed E-state index contributed by atoms with van der Waals surface area (Å²) in [5, 5.41) is 9.58. The van der Waals surface area contributed by atoms with E-state index in [9.17, 15) is 5.26 Å². The van der Waals surface area contributed by atoms with Crippen LogP contribution in [0.25, 0.3) is 0 Å². The van der Waals surface area contributed by atoms with Gasteiger partial charge in [0.15, 0.2) is 0 Å². The molecule has 0 bridgehead atoms. The third kappa shape index (κ3) is 3.45. The number of nitrogens with zero attached hydrogens (tertiary/aromatic N) is 2. The van der Waals surface area contributed by atoms with Crippen molar-refractivity contribution in [3.63, 3.8) is 0 Å². The molecule has 2 heteroatoms. The maximum atomic E-state index is 9.58. The molecule has 1 heterocycles. The van der Waals surface area contributed by atoms with Crippen LogP contribution < -0.4 is 0 Å². The number of nitriles is 1. The molecular formula is C19H34N2. The van der Waals surface area contributed by atoms with Gasteiger partial charge in [-0.05, 0) is 61.8 Å². The molecule has 0 spiro atoms. The van der Waals surface area contributed by atoms with Crippen LogP contribution in [0.5, 0.6) is 0 Å². The quantitative estimate of drug-likeness (QED) is 0.742. The van der Waals surface area contributed by atoms with Crippen molar-refractivity contribution in [2.75, 3.05) is 13.1 Å². The summed E-state index contributed by atoms with van der Waals surface area (Å²) in [7, 11) is 0. The van der Waals surface area contributed by atoms with Crippen molar-refractivity contribution in [1.29, 1.82) is 5.26 Å². The van der Waals surface area contributed by atoms with Gasteiger partial charge in [-0.25, -0.2) is 0 Å². The molecule has 0 aromatic rings. The lowest BCUT2D eigenvalue weighted by Gasteiger charge is -2.43. The highest BCUT2D eigenvalue weighted by molar-refractivity contribution is 5.02. The summed E-state index contributed by atoms with van der Waals surface area (Å²) >= 11 is 0. The first-order valence-corrected chi connectivity index (χ1v) is 8.99. The van der Waals surface area contributed by atoms with E-state index in [1.165, 1.54) is 45.2 Å². The Kier molecular flexibility index (Phi) is 5.03. The maximum Gasteiger partial charge on any atom is 0.0672 e. The number of likely N-dealkylation sites (tertiary alicyclic amines) is 1. The van der Waals surface area contributed by atoms with Crippen LogP contribution in [0.4, 0.5) is 0 Å². The molecule has 0 aromatic carbocycles. The average molecular weight is 290 g/mol. The number of hydrogen-bond donors (Lipinski definition) is 0. The van der Waals surface area contributed by atoms with Gasteiger partial charge in [0.1, 0.15) is 0 Å². The van der Waals surface area contributed by atoms with E-state index >= 15 is 0 Å². The van der Waals surface area contributed by atoms with Crippen LogP contribution in [-0.2, 0) is 0 Å². The first-order valence-electron chi connectivity index (χ1n) is 8.99. The molecule has 0 N–H and O–H groups in total. The van der Waals surface area contributed by atoms with Crippen LogP contribution in [-0.4, -0.2) is 24.0 Å². The Morgan fingerprint density at radius 2 is 1.86 bits per heavy atom. The van der Waals surface area contributed by atoms with E-state index in [2.05, 4.69) is 45.6 Å². The molecule has 3 unspecified atom stereocenters. The van der Waals surface area contributed by atoms with Crippen LogP contribution in [0.1, 0.15) is 73.1 Å². The molecule has 21 heavy (non-hydrogen) atoms. The summed E-state index contributed by atoms with van der Waals surface area (Å²) in [5.74, 6) is 1.03. The first-order chi connectivity index (χ1) is 9.85. The van der Waals surface area contributed by atoms with Crippen molar-refractivity contribution in [2.24, 2.45) is 22.7 Å². The molecule has 3 atom stereocenters. The van der Waals surface area contributed by atoms with E-state index < -0.39 is 0 Å². The topological polar surface area (TPSA) is 27.0 Å². The molecule has 120 valence electrons. The minimum atomic E-state index is 0.258. The molecule has 2 rings (SSSR count). The second-order valence-corrected chi connectivity index (χ2v) is 8.61. The van der Waals surface area contributed by atoms with Crippen LogP contribution in [0, 0.1) is 34.0 Å². The molecule has 0 aromatic heterocycles. The zero-order valence-electron chi connectivity index (χ0n) is 14.8. The molecule has 2 nitrogen and oxygen atoms in total. The van der Waals surface area contributed by atoms with Gasteiger partial charge in [-0.2, -0.15) is 5.26 Å². The summed E-state index contributed by atoms with van der Waals surface area (Å²) in [6.45, 7) is 14.2. The van der Waals surface area contributed by atoms with E-state index in [0.29, 0.717) is 16.9 Å². The Morgan fingerprint density at radius 1 is 1.19 bits per heavy atom. The van der Waals surface area contributed by atoms with Gasteiger partial charge in [0.2, 0.25) is 0 Å². The molecule has 1 saturated heterocycles. The van der Waals surface area contributed by atoms with Gasteiger partial charge in [-0.1, -0.05) is 34.6 Å². The van der Waals surface area contributed by atoms with E-state index in [4.69, 9.17) is 0 Å². The van der Waals surface area contributed by atoms with Gasteiger partial charge < -0.3 is 0 Å². The third-order valence-electron chi connectivity index (χ3n) is 6.64. The molecule has 1 aliphatic heterocycles. The molecule has 2 fully saturated rings. The van der Waals surface area contributed by atoms with E-state index in [-0.39, 0.29) is 5.92 Å². The largest absolute Gasteiger partial charge is 0.298 e. The molecule has 0 amide bonds. The molecule has 1 aliphatic carbocycles. The van der Waals surface area contributed by atoms with Crippen molar-refractivity contribution < 1.29 is 0 Å². The van der Waals surface area contributed by atoms with Crippen molar-refractivity contribution in [3.8, 4) is 6.07 Å². The lowest BCUT2D eigenvalue weighted by Crippen LogP contribution is -2.45. The summed E-state index contributed by atoms with van der Waals surface area (Å²) in [4.78, 5) is 2.68. The molecule has 1 saturated carbocycles. The van der Waals surface area contributed by atoms with Crippen LogP contribution >= 0.6 is 0 Å². The van der Waals surface area contributed by atoms with Crippen molar-refractivity contribution in [3.05, 3.63) is 0 Å². The Labute approximate surface area is 131 Å². The van der Waals surface area contributed by atoms with Gasteiger partial charge in [0.05, 0.1) is 12.0 Å². The lowest BCUT2D eigenvalue weighted by molar-refractivity contribution is 0.0658. The number of rotatable bonds is 3. The highest BCUT2D eigenvalue weighted by atomic mass is 15.2. The lowest BCUT2D eigenvalue weighted by atomic mass is 9.68. The predicted molar refractivity (Wildman–Crippen MR) is 88.9 cm³/mol. The molecule has 0 radical (unpaired) electrons. The van der Waals surface area contributed by atoms with Crippen molar-refractivity contribution in [2.45, 2.75) is 79.2 Å². The van der Waals surface area contributed by atoms with E-state index in [1.54, 1.807) is 0 Å².